The molecule has 0 bridgehead atoms. The number of hydrogen-bond donors (Lipinski definition) is 2. The number of nitrogens with one attached hydrogen (secondary N) is 1. The molecule has 1 aromatic carbocycles. The van der Waals surface area contributed by atoms with Crippen molar-refractivity contribution in [3.05, 3.63) is 33.8 Å². The van der Waals surface area contributed by atoms with Gasteiger partial charge in [-0.05, 0) is 47.0 Å². The summed E-state index contributed by atoms with van der Waals surface area (Å²) in [5.41, 5.74) is 1.48. The first-order valence-electron chi connectivity index (χ1n) is 5.75. The third-order valence-electron chi connectivity index (χ3n) is 2.55. The molecule has 98 valence electrons. The monoisotopic (exact) mass is 313 g/mol. The fourth-order valence-electron chi connectivity index (χ4n) is 1.59. The molecule has 0 aliphatic carbocycles. The number of carboxylic acids is 1. The Bertz CT molecular complexity index is 460. The molecule has 0 radical (unpaired) electrons. The van der Waals surface area contributed by atoms with Crippen LogP contribution in [0.1, 0.15) is 35.7 Å². The van der Waals surface area contributed by atoms with Crippen molar-refractivity contribution in [1.29, 1.82) is 0 Å². The van der Waals surface area contributed by atoms with Crippen molar-refractivity contribution in [3.63, 3.8) is 0 Å². The highest BCUT2D eigenvalue weighted by Crippen LogP contribution is 2.18. The summed E-state index contributed by atoms with van der Waals surface area (Å²) in [6, 6.07) is 4.48. The Morgan fingerprint density at radius 1 is 1.44 bits per heavy atom. The molecule has 0 saturated carbocycles. The summed E-state index contributed by atoms with van der Waals surface area (Å²) >= 11 is 3.31. The lowest BCUT2D eigenvalue weighted by atomic mass is 10.1. The van der Waals surface area contributed by atoms with Gasteiger partial charge in [-0.2, -0.15) is 0 Å². The summed E-state index contributed by atoms with van der Waals surface area (Å²) in [4.78, 5) is 22.9. The van der Waals surface area contributed by atoms with Crippen LogP contribution in [0.15, 0.2) is 22.7 Å². The standard InChI is InChI=1S/C13H16BrNO3/c1-3-4-11(13(17)18)15-12(16)9-6-5-8(2)7-10(9)14/h5-7,11H,3-4H2,1-2H3,(H,15,16)(H,17,18). The number of aliphatic carboxylic acids is 1. The van der Waals surface area contributed by atoms with Gasteiger partial charge in [0.15, 0.2) is 0 Å². The molecule has 18 heavy (non-hydrogen) atoms. The van der Waals surface area contributed by atoms with Gasteiger partial charge in [-0.3, -0.25) is 4.79 Å². The summed E-state index contributed by atoms with van der Waals surface area (Å²) in [6.45, 7) is 3.80. The number of carboxylic acid groups (broad SMARTS) is 1. The van der Waals surface area contributed by atoms with Crippen LogP contribution in [0.5, 0.6) is 0 Å². The van der Waals surface area contributed by atoms with Crippen LogP contribution in [-0.2, 0) is 4.79 Å². The zero-order valence-corrected chi connectivity index (χ0v) is 12.0. The van der Waals surface area contributed by atoms with Crippen LogP contribution >= 0.6 is 15.9 Å². The number of hydrogen-bond acceptors (Lipinski definition) is 2. The number of carbonyl (C=O) groups excluding carboxylic acids is 1. The van der Waals surface area contributed by atoms with E-state index in [-0.39, 0.29) is 5.91 Å². The van der Waals surface area contributed by atoms with Gasteiger partial charge in [0.2, 0.25) is 0 Å². The minimum Gasteiger partial charge on any atom is -0.480 e. The Balaban J connectivity index is 2.83. The van der Waals surface area contributed by atoms with Crippen molar-refractivity contribution in [1.82, 2.24) is 5.32 Å². The summed E-state index contributed by atoms with van der Waals surface area (Å²) in [7, 11) is 0. The molecule has 0 heterocycles. The Labute approximate surface area is 115 Å². The maximum atomic E-state index is 12.0. The minimum absolute atomic E-state index is 0.372. The lowest BCUT2D eigenvalue weighted by Crippen LogP contribution is -2.40. The van der Waals surface area contributed by atoms with Gasteiger partial charge >= 0.3 is 5.97 Å². The zero-order valence-electron chi connectivity index (χ0n) is 10.4. The summed E-state index contributed by atoms with van der Waals surface area (Å²) in [6.07, 6.45) is 1.12. The molecule has 1 amide bonds. The smallest absolute Gasteiger partial charge is 0.326 e. The molecule has 0 aliphatic heterocycles. The van der Waals surface area contributed by atoms with Crippen LogP contribution in [0.4, 0.5) is 0 Å². The average Bonchev–Trinajstić information content (AvgIpc) is 2.27. The molecular weight excluding hydrogens is 298 g/mol. The van der Waals surface area contributed by atoms with Crippen LogP contribution in [-0.4, -0.2) is 23.0 Å². The molecular formula is C13H16BrNO3. The summed E-state index contributed by atoms with van der Waals surface area (Å²) in [5, 5.41) is 11.5. The van der Waals surface area contributed by atoms with Crippen molar-refractivity contribution in [2.24, 2.45) is 0 Å². The van der Waals surface area contributed by atoms with Gasteiger partial charge in [-0.25, -0.2) is 4.79 Å². The molecule has 1 rings (SSSR count). The van der Waals surface area contributed by atoms with E-state index in [4.69, 9.17) is 5.11 Å². The van der Waals surface area contributed by atoms with E-state index in [0.29, 0.717) is 22.9 Å². The molecule has 1 atom stereocenters. The predicted molar refractivity (Wildman–Crippen MR) is 72.7 cm³/mol. The number of rotatable bonds is 5. The van der Waals surface area contributed by atoms with E-state index in [9.17, 15) is 9.59 Å². The second kappa shape index (κ2) is 6.54. The zero-order chi connectivity index (χ0) is 13.7. The second-order valence-corrected chi connectivity index (χ2v) is 4.99. The number of amides is 1. The first kappa shape index (κ1) is 14.7. The third-order valence-corrected chi connectivity index (χ3v) is 3.21. The molecule has 4 nitrogen and oxygen atoms in total. The Hall–Kier alpha value is -1.36. The highest BCUT2D eigenvalue weighted by atomic mass is 79.9. The fourth-order valence-corrected chi connectivity index (χ4v) is 2.26. The molecule has 0 saturated heterocycles. The van der Waals surface area contributed by atoms with E-state index < -0.39 is 12.0 Å². The van der Waals surface area contributed by atoms with Gasteiger partial charge in [-0.15, -0.1) is 0 Å². The first-order chi connectivity index (χ1) is 8.45. The average molecular weight is 314 g/mol. The van der Waals surface area contributed by atoms with E-state index in [1.165, 1.54) is 0 Å². The van der Waals surface area contributed by atoms with Crippen molar-refractivity contribution >= 4 is 27.8 Å². The molecule has 0 spiro atoms. The van der Waals surface area contributed by atoms with Crippen molar-refractivity contribution < 1.29 is 14.7 Å². The largest absolute Gasteiger partial charge is 0.480 e. The fraction of sp³-hybridized carbons (Fsp3) is 0.385. The van der Waals surface area contributed by atoms with Crippen molar-refractivity contribution in [2.45, 2.75) is 32.7 Å². The lowest BCUT2D eigenvalue weighted by Gasteiger charge is -2.14. The normalized spacial score (nSPS) is 11.9. The van der Waals surface area contributed by atoms with Gasteiger partial charge in [0.05, 0.1) is 5.56 Å². The van der Waals surface area contributed by atoms with Crippen molar-refractivity contribution in [2.75, 3.05) is 0 Å². The third kappa shape index (κ3) is 3.84. The molecule has 1 aromatic rings. The topological polar surface area (TPSA) is 66.4 Å². The summed E-state index contributed by atoms with van der Waals surface area (Å²) in [5.74, 6) is -1.38. The van der Waals surface area contributed by atoms with Crippen LogP contribution in [0.3, 0.4) is 0 Å². The molecule has 0 aromatic heterocycles. The van der Waals surface area contributed by atoms with Gasteiger partial charge in [-0.1, -0.05) is 19.4 Å². The van der Waals surface area contributed by atoms with Gasteiger partial charge in [0.1, 0.15) is 6.04 Å². The molecule has 5 heteroatoms. The Kier molecular flexibility index (Phi) is 5.34. The lowest BCUT2D eigenvalue weighted by molar-refractivity contribution is -0.139. The van der Waals surface area contributed by atoms with E-state index in [2.05, 4.69) is 21.2 Å². The SMILES string of the molecule is CCCC(NC(=O)c1ccc(C)cc1Br)C(=O)O. The molecule has 0 fully saturated rings. The van der Waals surface area contributed by atoms with E-state index >= 15 is 0 Å². The maximum Gasteiger partial charge on any atom is 0.326 e. The minimum atomic E-state index is -1.01. The van der Waals surface area contributed by atoms with E-state index in [1.807, 2.05) is 26.0 Å². The highest BCUT2D eigenvalue weighted by Gasteiger charge is 2.20. The Morgan fingerprint density at radius 3 is 2.61 bits per heavy atom. The number of halogens is 1. The second-order valence-electron chi connectivity index (χ2n) is 4.14. The quantitative estimate of drug-likeness (QED) is 0.878. The Morgan fingerprint density at radius 2 is 2.11 bits per heavy atom. The maximum absolute atomic E-state index is 12.0. The predicted octanol–water partition coefficient (Wildman–Crippen LogP) is 2.74. The molecule has 2 N–H and O–H groups in total. The number of benzene rings is 1. The van der Waals surface area contributed by atoms with Crippen LogP contribution < -0.4 is 5.32 Å². The number of aryl methyl sites for hydroxylation is 1. The van der Waals surface area contributed by atoms with Crippen LogP contribution in [0.25, 0.3) is 0 Å². The van der Waals surface area contributed by atoms with E-state index in [0.717, 1.165) is 5.56 Å². The van der Waals surface area contributed by atoms with Crippen LogP contribution in [0, 0.1) is 6.92 Å². The van der Waals surface area contributed by atoms with Gasteiger partial charge in [0, 0.05) is 4.47 Å². The van der Waals surface area contributed by atoms with Crippen molar-refractivity contribution in [3.8, 4) is 0 Å². The number of carbonyl (C=O) groups is 2. The molecule has 0 aliphatic rings. The van der Waals surface area contributed by atoms with Gasteiger partial charge < -0.3 is 10.4 Å². The molecule has 1 unspecified atom stereocenters. The summed E-state index contributed by atoms with van der Waals surface area (Å²) < 4.78 is 0.667. The van der Waals surface area contributed by atoms with Crippen LogP contribution in [0.2, 0.25) is 0 Å². The van der Waals surface area contributed by atoms with E-state index in [1.54, 1.807) is 6.07 Å². The highest BCUT2D eigenvalue weighted by molar-refractivity contribution is 9.10. The first-order valence-corrected chi connectivity index (χ1v) is 6.54. The van der Waals surface area contributed by atoms with Gasteiger partial charge in [0.25, 0.3) is 5.91 Å².